The number of hydrogen-bond donors (Lipinski definition) is 2. The van der Waals surface area contributed by atoms with Crippen molar-refractivity contribution in [2.45, 2.75) is 0 Å². The topological polar surface area (TPSA) is 80.4 Å². The van der Waals surface area contributed by atoms with E-state index in [0.717, 1.165) is 0 Å². The van der Waals surface area contributed by atoms with Crippen LogP contribution in [0.1, 0.15) is 0 Å². The average molecular weight is 183 g/mol. The van der Waals surface area contributed by atoms with E-state index in [-0.39, 0.29) is 23.1 Å². The Labute approximate surface area is 65.0 Å². The predicted octanol–water partition coefficient (Wildman–Crippen LogP) is -1.32. The number of thiocarbonyl (C=S) groups is 1. The first kappa shape index (κ1) is 9.80. The minimum atomic E-state index is -3.25. The van der Waals surface area contributed by atoms with Crippen LogP contribution in [0.2, 0.25) is 0 Å². The zero-order valence-corrected chi connectivity index (χ0v) is 6.91. The summed E-state index contributed by atoms with van der Waals surface area (Å²) in [4.78, 5) is -0.0616. The standard InChI is InChI=1S/C4H9NO3S2/c5-4(9)3-10(7,8)2-1-6/h6H,1-3H2,(H2,5,9). The molecule has 0 aromatic carbocycles. The molecule has 4 nitrogen and oxygen atoms in total. The van der Waals surface area contributed by atoms with E-state index in [1.807, 2.05) is 0 Å². The van der Waals surface area contributed by atoms with Crippen LogP contribution in [0.25, 0.3) is 0 Å². The maximum atomic E-state index is 10.7. The van der Waals surface area contributed by atoms with Crippen molar-refractivity contribution in [3.05, 3.63) is 0 Å². The molecule has 60 valence electrons. The third kappa shape index (κ3) is 4.66. The van der Waals surface area contributed by atoms with Crippen molar-refractivity contribution in [1.82, 2.24) is 0 Å². The van der Waals surface area contributed by atoms with Gasteiger partial charge in [0.2, 0.25) is 0 Å². The minimum Gasteiger partial charge on any atom is -0.395 e. The van der Waals surface area contributed by atoms with Crippen molar-refractivity contribution in [2.24, 2.45) is 5.73 Å². The van der Waals surface area contributed by atoms with Crippen molar-refractivity contribution >= 4 is 27.0 Å². The molecule has 0 bridgehead atoms. The number of aliphatic hydroxyl groups excluding tert-OH is 1. The van der Waals surface area contributed by atoms with Crippen molar-refractivity contribution in [1.29, 1.82) is 0 Å². The molecule has 0 aliphatic heterocycles. The Bertz CT molecular complexity index is 209. The Morgan fingerprint density at radius 3 is 2.40 bits per heavy atom. The monoisotopic (exact) mass is 183 g/mol. The number of nitrogens with two attached hydrogens (primary N) is 1. The molecule has 0 radical (unpaired) electrons. The summed E-state index contributed by atoms with van der Waals surface area (Å²) >= 11 is 4.37. The van der Waals surface area contributed by atoms with E-state index in [0.29, 0.717) is 0 Å². The van der Waals surface area contributed by atoms with E-state index in [9.17, 15) is 8.42 Å². The van der Waals surface area contributed by atoms with E-state index in [1.54, 1.807) is 0 Å². The maximum absolute atomic E-state index is 10.7. The lowest BCUT2D eigenvalue weighted by Crippen LogP contribution is -2.24. The molecule has 0 fully saturated rings. The van der Waals surface area contributed by atoms with Gasteiger partial charge in [0.25, 0.3) is 0 Å². The Balaban J connectivity index is 4.02. The van der Waals surface area contributed by atoms with Crippen LogP contribution >= 0.6 is 12.2 Å². The van der Waals surface area contributed by atoms with Crippen molar-refractivity contribution < 1.29 is 13.5 Å². The molecule has 0 amide bonds. The lowest BCUT2D eigenvalue weighted by Gasteiger charge is -1.98. The molecular formula is C4H9NO3S2. The molecule has 0 aromatic rings. The normalized spacial score (nSPS) is 11.3. The molecule has 0 unspecified atom stereocenters. The van der Waals surface area contributed by atoms with E-state index < -0.39 is 9.84 Å². The van der Waals surface area contributed by atoms with Crippen LogP contribution in [0, 0.1) is 0 Å². The lowest BCUT2D eigenvalue weighted by atomic mass is 10.8. The van der Waals surface area contributed by atoms with E-state index in [4.69, 9.17) is 10.8 Å². The quantitative estimate of drug-likeness (QED) is 0.528. The fraction of sp³-hybridized carbons (Fsp3) is 0.750. The van der Waals surface area contributed by atoms with Crippen LogP contribution in [0.5, 0.6) is 0 Å². The maximum Gasteiger partial charge on any atom is 0.159 e. The zero-order valence-electron chi connectivity index (χ0n) is 5.28. The van der Waals surface area contributed by atoms with Crippen LogP contribution in [-0.4, -0.2) is 36.6 Å². The minimum absolute atomic E-state index is 0.0616. The molecule has 0 aromatic heterocycles. The van der Waals surface area contributed by atoms with Gasteiger partial charge < -0.3 is 10.8 Å². The third-order valence-electron chi connectivity index (χ3n) is 0.764. The molecule has 6 heteroatoms. The van der Waals surface area contributed by atoms with E-state index in [2.05, 4.69) is 12.2 Å². The van der Waals surface area contributed by atoms with Crippen LogP contribution in [0.3, 0.4) is 0 Å². The average Bonchev–Trinajstić information content (AvgIpc) is 1.59. The molecule has 0 spiro atoms. The molecule has 0 heterocycles. The summed E-state index contributed by atoms with van der Waals surface area (Å²) in [6, 6.07) is 0. The van der Waals surface area contributed by atoms with Gasteiger partial charge in [0.15, 0.2) is 9.84 Å². The molecule has 0 saturated heterocycles. The van der Waals surface area contributed by atoms with Gasteiger partial charge in [-0.2, -0.15) is 0 Å². The van der Waals surface area contributed by atoms with Gasteiger partial charge in [0.1, 0.15) is 5.75 Å². The summed E-state index contributed by atoms with van der Waals surface area (Å²) in [5, 5.41) is 8.25. The van der Waals surface area contributed by atoms with Gasteiger partial charge in [0, 0.05) is 0 Å². The van der Waals surface area contributed by atoms with Gasteiger partial charge in [-0.1, -0.05) is 12.2 Å². The van der Waals surface area contributed by atoms with Crippen LogP contribution in [-0.2, 0) is 9.84 Å². The summed E-state index contributed by atoms with van der Waals surface area (Å²) in [7, 11) is -3.25. The first-order chi connectivity index (χ1) is 4.48. The number of hydrogen-bond acceptors (Lipinski definition) is 4. The molecule has 0 aliphatic rings. The SMILES string of the molecule is NC(=S)CS(=O)(=O)CCO. The molecule has 0 saturated carbocycles. The van der Waals surface area contributed by atoms with Gasteiger partial charge in [-0.15, -0.1) is 0 Å². The lowest BCUT2D eigenvalue weighted by molar-refractivity contribution is 0.320. The van der Waals surface area contributed by atoms with Crippen molar-refractivity contribution in [3.63, 3.8) is 0 Å². The first-order valence-corrected chi connectivity index (χ1v) is 4.80. The van der Waals surface area contributed by atoms with E-state index >= 15 is 0 Å². The van der Waals surface area contributed by atoms with Gasteiger partial charge in [-0.05, 0) is 0 Å². The molecule has 0 rings (SSSR count). The Kier molecular flexibility index (Phi) is 3.77. The Morgan fingerprint density at radius 2 is 2.10 bits per heavy atom. The molecule has 10 heavy (non-hydrogen) atoms. The Hall–Kier alpha value is -0.200. The number of rotatable bonds is 4. The molecule has 3 N–H and O–H groups in total. The third-order valence-corrected chi connectivity index (χ3v) is 2.65. The largest absolute Gasteiger partial charge is 0.395 e. The highest BCUT2D eigenvalue weighted by Gasteiger charge is 2.10. The van der Waals surface area contributed by atoms with Crippen LogP contribution in [0.4, 0.5) is 0 Å². The highest BCUT2D eigenvalue weighted by atomic mass is 32.2. The summed E-state index contributed by atoms with van der Waals surface area (Å²) < 4.78 is 21.4. The Morgan fingerprint density at radius 1 is 1.60 bits per heavy atom. The van der Waals surface area contributed by atoms with Crippen molar-refractivity contribution in [2.75, 3.05) is 18.1 Å². The fourth-order valence-corrected chi connectivity index (χ4v) is 1.82. The van der Waals surface area contributed by atoms with Gasteiger partial charge in [0.05, 0.1) is 17.3 Å². The summed E-state index contributed by atoms with van der Waals surface area (Å²) in [6.45, 7) is -0.384. The second-order valence-corrected chi connectivity index (χ2v) is 4.49. The smallest absolute Gasteiger partial charge is 0.159 e. The van der Waals surface area contributed by atoms with Gasteiger partial charge >= 0.3 is 0 Å². The fourth-order valence-electron chi connectivity index (χ4n) is 0.428. The second-order valence-electron chi connectivity index (χ2n) is 1.78. The van der Waals surface area contributed by atoms with Gasteiger partial charge in [-0.25, -0.2) is 8.42 Å². The molecule has 0 aliphatic carbocycles. The van der Waals surface area contributed by atoms with Crippen LogP contribution < -0.4 is 5.73 Å². The highest BCUT2D eigenvalue weighted by molar-refractivity contribution is 7.93. The van der Waals surface area contributed by atoms with Gasteiger partial charge in [-0.3, -0.25) is 0 Å². The first-order valence-electron chi connectivity index (χ1n) is 2.57. The summed E-state index contributed by atoms with van der Waals surface area (Å²) in [5.41, 5.74) is 4.98. The van der Waals surface area contributed by atoms with Crippen LogP contribution in [0.15, 0.2) is 0 Å². The number of sulfone groups is 1. The number of aliphatic hydroxyl groups is 1. The summed E-state index contributed by atoms with van der Waals surface area (Å²) in [5.74, 6) is -0.590. The molecule has 0 atom stereocenters. The second kappa shape index (κ2) is 3.85. The highest BCUT2D eigenvalue weighted by Crippen LogP contribution is 1.88. The molecular weight excluding hydrogens is 174 g/mol. The predicted molar refractivity (Wildman–Crippen MR) is 42.5 cm³/mol. The summed E-state index contributed by atoms with van der Waals surface area (Å²) in [6.07, 6.45) is 0. The van der Waals surface area contributed by atoms with Crippen molar-refractivity contribution in [3.8, 4) is 0 Å². The zero-order chi connectivity index (χ0) is 8.20. The van der Waals surface area contributed by atoms with E-state index in [1.165, 1.54) is 0 Å².